The van der Waals surface area contributed by atoms with Crippen molar-refractivity contribution in [2.45, 2.75) is 13.8 Å². The van der Waals surface area contributed by atoms with E-state index in [9.17, 15) is 0 Å². The molecule has 1 aliphatic rings. The second-order valence-corrected chi connectivity index (χ2v) is 4.75. The molecule has 0 amide bonds. The van der Waals surface area contributed by atoms with Crippen molar-refractivity contribution in [2.24, 2.45) is 5.92 Å². The van der Waals surface area contributed by atoms with Gasteiger partial charge >= 0.3 is 0 Å². The first-order valence-corrected chi connectivity index (χ1v) is 5.80. The molecule has 1 heterocycles. The lowest BCUT2D eigenvalue weighted by Gasteiger charge is -2.29. The maximum Gasteiger partial charge on any atom is 0.0110 e. The van der Waals surface area contributed by atoms with Crippen molar-refractivity contribution in [3.05, 3.63) is 0 Å². The van der Waals surface area contributed by atoms with Gasteiger partial charge in [0, 0.05) is 45.8 Å². The molecule has 14 heavy (non-hydrogen) atoms. The molecular formula is C11H25N3. The number of hydrogen-bond donors (Lipinski definition) is 1. The number of nitrogens with one attached hydrogen (secondary N) is 1. The zero-order chi connectivity index (χ0) is 10.4. The van der Waals surface area contributed by atoms with Gasteiger partial charge in [0.1, 0.15) is 0 Å². The third-order valence-electron chi connectivity index (χ3n) is 2.68. The summed E-state index contributed by atoms with van der Waals surface area (Å²) < 4.78 is 0. The van der Waals surface area contributed by atoms with Crippen LogP contribution in [0.4, 0.5) is 0 Å². The molecule has 0 saturated carbocycles. The molecule has 84 valence electrons. The maximum atomic E-state index is 3.38. The SMILES string of the molecule is CC(C)CN(C)CCN1CCNCC1. The van der Waals surface area contributed by atoms with Crippen LogP contribution in [-0.4, -0.2) is 62.7 Å². The largest absolute Gasteiger partial charge is 0.314 e. The second kappa shape index (κ2) is 6.38. The minimum Gasteiger partial charge on any atom is -0.314 e. The predicted octanol–water partition coefficient (Wildman–Crippen LogP) is 0.479. The van der Waals surface area contributed by atoms with Gasteiger partial charge in [-0.05, 0) is 13.0 Å². The Morgan fingerprint density at radius 1 is 1.29 bits per heavy atom. The van der Waals surface area contributed by atoms with E-state index in [0.29, 0.717) is 0 Å². The molecule has 0 bridgehead atoms. The van der Waals surface area contributed by atoms with E-state index >= 15 is 0 Å². The van der Waals surface area contributed by atoms with Crippen molar-refractivity contribution in [1.29, 1.82) is 0 Å². The number of hydrogen-bond acceptors (Lipinski definition) is 3. The summed E-state index contributed by atoms with van der Waals surface area (Å²) >= 11 is 0. The summed E-state index contributed by atoms with van der Waals surface area (Å²) in [5, 5.41) is 3.38. The molecule has 1 rings (SSSR count). The van der Waals surface area contributed by atoms with E-state index in [-0.39, 0.29) is 0 Å². The second-order valence-electron chi connectivity index (χ2n) is 4.75. The normalized spacial score (nSPS) is 19.5. The van der Waals surface area contributed by atoms with Gasteiger partial charge < -0.3 is 10.2 Å². The minimum absolute atomic E-state index is 0.781. The van der Waals surface area contributed by atoms with Crippen LogP contribution < -0.4 is 5.32 Å². The van der Waals surface area contributed by atoms with Gasteiger partial charge in [-0.3, -0.25) is 4.90 Å². The lowest BCUT2D eigenvalue weighted by atomic mass is 10.2. The molecule has 1 aliphatic heterocycles. The Bertz CT molecular complexity index is 141. The predicted molar refractivity (Wildman–Crippen MR) is 61.6 cm³/mol. The molecule has 0 radical (unpaired) electrons. The lowest BCUT2D eigenvalue weighted by Crippen LogP contribution is -2.46. The molecule has 0 aromatic heterocycles. The van der Waals surface area contributed by atoms with E-state index < -0.39 is 0 Å². The van der Waals surface area contributed by atoms with Crippen molar-refractivity contribution < 1.29 is 0 Å². The van der Waals surface area contributed by atoms with E-state index in [0.717, 1.165) is 19.0 Å². The van der Waals surface area contributed by atoms with E-state index in [1.54, 1.807) is 0 Å². The van der Waals surface area contributed by atoms with Gasteiger partial charge in [-0.25, -0.2) is 0 Å². The monoisotopic (exact) mass is 199 g/mol. The highest BCUT2D eigenvalue weighted by Gasteiger charge is 2.10. The average molecular weight is 199 g/mol. The molecule has 0 aliphatic carbocycles. The average Bonchev–Trinajstić information content (AvgIpc) is 2.15. The summed E-state index contributed by atoms with van der Waals surface area (Å²) in [6.45, 7) is 13.0. The zero-order valence-corrected chi connectivity index (χ0v) is 9.92. The Morgan fingerprint density at radius 2 is 1.93 bits per heavy atom. The number of nitrogens with zero attached hydrogens (tertiary/aromatic N) is 2. The minimum atomic E-state index is 0.781. The van der Waals surface area contributed by atoms with Gasteiger partial charge in [0.15, 0.2) is 0 Å². The van der Waals surface area contributed by atoms with Crippen LogP contribution in [-0.2, 0) is 0 Å². The van der Waals surface area contributed by atoms with Crippen LogP contribution >= 0.6 is 0 Å². The Hall–Kier alpha value is -0.120. The van der Waals surface area contributed by atoms with Crippen LogP contribution in [0, 0.1) is 5.92 Å². The van der Waals surface area contributed by atoms with E-state index in [1.165, 1.54) is 32.7 Å². The van der Waals surface area contributed by atoms with Gasteiger partial charge in [0.05, 0.1) is 0 Å². The van der Waals surface area contributed by atoms with Crippen LogP contribution in [0.5, 0.6) is 0 Å². The number of likely N-dealkylation sites (N-methyl/N-ethyl adjacent to an activating group) is 1. The first-order valence-electron chi connectivity index (χ1n) is 5.80. The van der Waals surface area contributed by atoms with Gasteiger partial charge in [0.25, 0.3) is 0 Å². The molecule has 0 aromatic carbocycles. The zero-order valence-electron chi connectivity index (χ0n) is 9.92. The smallest absolute Gasteiger partial charge is 0.0110 e. The fourth-order valence-corrected chi connectivity index (χ4v) is 1.96. The summed E-state index contributed by atoms with van der Waals surface area (Å²) in [5.41, 5.74) is 0. The van der Waals surface area contributed by atoms with Gasteiger partial charge in [-0.2, -0.15) is 0 Å². The molecule has 0 spiro atoms. The first-order chi connectivity index (χ1) is 6.68. The topological polar surface area (TPSA) is 18.5 Å². The Kier molecular flexibility index (Phi) is 5.45. The fourth-order valence-electron chi connectivity index (χ4n) is 1.96. The van der Waals surface area contributed by atoms with Crippen molar-refractivity contribution in [2.75, 3.05) is 52.9 Å². The third kappa shape index (κ3) is 4.94. The van der Waals surface area contributed by atoms with Gasteiger partial charge in [-0.15, -0.1) is 0 Å². The quantitative estimate of drug-likeness (QED) is 0.695. The molecule has 0 atom stereocenters. The fraction of sp³-hybridized carbons (Fsp3) is 1.00. The molecule has 0 aromatic rings. The van der Waals surface area contributed by atoms with Gasteiger partial charge in [-0.1, -0.05) is 13.8 Å². The highest BCUT2D eigenvalue weighted by molar-refractivity contribution is 4.68. The Balaban J connectivity index is 2.06. The van der Waals surface area contributed by atoms with E-state index in [4.69, 9.17) is 0 Å². The number of piperazine rings is 1. The molecule has 1 fully saturated rings. The molecule has 1 saturated heterocycles. The van der Waals surface area contributed by atoms with Crippen molar-refractivity contribution in [3.63, 3.8) is 0 Å². The maximum absolute atomic E-state index is 3.38. The van der Waals surface area contributed by atoms with Crippen molar-refractivity contribution in [3.8, 4) is 0 Å². The Labute approximate surface area is 88.5 Å². The third-order valence-corrected chi connectivity index (χ3v) is 2.68. The summed E-state index contributed by atoms with van der Waals surface area (Å²) in [5.74, 6) is 0.781. The molecule has 0 unspecified atom stereocenters. The van der Waals surface area contributed by atoms with E-state index in [1.807, 2.05) is 0 Å². The van der Waals surface area contributed by atoms with Crippen molar-refractivity contribution >= 4 is 0 Å². The lowest BCUT2D eigenvalue weighted by molar-refractivity contribution is 0.197. The highest BCUT2D eigenvalue weighted by Crippen LogP contribution is 1.97. The summed E-state index contributed by atoms with van der Waals surface area (Å²) in [6.07, 6.45) is 0. The first kappa shape index (κ1) is 12.0. The van der Waals surface area contributed by atoms with Crippen LogP contribution in [0.15, 0.2) is 0 Å². The molecule has 3 nitrogen and oxygen atoms in total. The molecule has 1 N–H and O–H groups in total. The Morgan fingerprint density at radius 3 is 2.50 bits per heavy atom. The molecule has 3 heteroatoms. The van der Waals surface area contributed by atoms with Crippen LogP contribution in [0.2, 0.25) is 0 Å². The van der Waals surface area contributed by atoms with Crippen LogP contribution in [0.25, 0.3) is 0 Å². The van der Waals surface area contributed by atoms with Gasteiger partial charge in [0.2, 0.25) is 0 Å². The summed E-state index contributed by atoms with van der Waals surface area (Å²) in [4.78, 5) is 4.99. The summed E-state index contributed by atoms with van der Waals surface area (Å²) in [6, 6.07) is 0. The highest BCUT2D eigenvalue weighted by atomic mass is 15.2. The standard InChI is InChI=1S/C11H25N3/c1-11(2)10-13(3)8-9-14-6-4-12-5-7-14/h11-12H,4-10H2,1-3H3. The number of rotatable bonds is 5. The van der Waals surface area contributed by atoms with E-state index in [2.05, 4.69) is 36.0 Å². The summed E-state index contributed by atoms with van der Waals surface area (Å²) in [7, 11) is 2.22. The van der Waals surface area contributed by atoms with Crippen LogP contribution in [0.1, 0.15) is 13.8 Å². The van der Waals surface area contributed by atoms with Crippen molar-refractivity contribution in [1.82, 2.24) is 15.1 Å². The van der Waals surface area contributed by atoms with Crippen LogP contribution in [0.3, 0.4) is 0 Å². The molecular weight excluding hydrogens is 174 g/mol.